The summed E-state index contributed by atoms with van der Waals surface area (Å²) in [6, 6.07) is 6.43. The molecular weight excluding hydrogens is 320 g/mol. The first kappa shape index (κ1) is 17.5. The number of carbonyl (C=O) groups is 1. The second kappa shape index (κ2) is 8.72. The first-order chi connectivity index (χ1) is 11.8. The van der Waals surface area contributed by atoms with E-state index in [4.69, 9.17) is 0 Å². The van der Waals surface area contributed by atoms with Gasteiger partial charge < -0.3 is 10.2 Å². The van der Waals surface area contributed by atoms with Crippen molar-refractivity contribution in [2.75, 3.05) is 43.9 Å². The number of rotatable bonds is 6. The molecule has 2 atom stereocenters. The average molecular weight is 349 g/mol. The van der Waals surface area contributed by atoms with Crippen molar-refractivity contribution in [3.63, 3.8) is 0 Å². The van der Waals surface area contributed by atoms with Crippen molar-refractivity contribution in [3.05, 3.63) is 24.4 Å². The van der Waals surface area contributed by atoms with E-state index in [1.165, 1.54) is 12.8 Å². The fraction of sp³-hybridized carbons (Fsp3) is 0.667. The Morgan fingerprint density at radius 3 is 2.83 bits per heavy atom. The minimum absolute atomic E-state index is 0.216. The quantitative estimate of drug-likeness (QED) is 0.852. The zero-order chi connectivity index (χ0) is 16.8. The van der Waals surface area contributed by atoms with Gasteiger partial charge in [0, 0.05) is 56.6 Å². The number of thioether (sulfide) groups is 1. The molecule has 3 rings (SSSR count). The summed E-state index contributed by atoms with van der Waals surface area (Å²) >= 11 is 1.89. The van der Waals surface area contributed by atoms with E-state index in [9.17, 15) is 4.79 Å². The molecule has 0 spiro atoms. The summed E-state index contributed by atoms with van der Waals surface area (Å²) in [5.74, 6) is 1.27. The Balaban J connectivity index is 1.36. The lowest BCUT2D eigenvalue weighted by Crippen LogP contribution is -2.48. The zero-order valence-corrected chi connectivity index (χ0v) is 15.3. The number of anilines is 1. The average Bonchev–Trinajstić information content (AvgIpc) is 3.08. The molecule has 6 heteroatoms. The summed E-state index contributed by atoms with van der Waals surface area (Å²) in [6.07, 6.45) is 8.22. The van der Waals surface area contributed by atoms with Gasteiger partial charge in [-0.25, -0.2) is 4.98 Å². The first-order valence-electron chi connectivity index (χ1n) is 8.97. The fourth-order valence-electron chi connectivity index (χ4n) is 3.65. The highest BCUT2D eigenvalue weighted by Gasteiger charge is 2.27. The smallest absolute Gasteiger partial charge is 0.221 e. The van der Waals surface area contributed by atoms with Crippen molar-refractivity contribution in [3.8, 4) is 0 Å². The van der Waals surface area contributed by atoms with Crippen molar-refractivity contribution >= 4 is 23.5 Å². The topological polar surface area (TPSA) is 48.5 Å². The lowest BCUT2D eigenvalue weighted by atomic mass is 10.2. The van der Waals surface area contributed by atoms with Crippen LogP contribution in [0.25, 0.3) is 0 Å². The Kier molecular flexibility index (Phi) is 6.37. The standard InChI is InChI=1S/C18H28N4OS/c1-24-16-6-4-5-15(16)20-18(23)8-10-21-11-13-22(14-12-21)17-7-2-3-9-19-17/h2-3,7,9,15-16H,4-6,8,10-14H2,1H3,(H,20,23). The van der Waals surface area contributed by atoms with Gasteiger partial charge in [-0.15, -0.1) is 0 Å². The van der Waals surface area contributed by atoms with E-state index in [1.807, 2.05) is 30.1 Å². The van der Waals surface area contributed by atoms with E-state index in [0.29, 0.717) is 17.7 Å². The van der Waals surface area contributed by atoms with Crippen LogP contribution in [0.15, 0.2) is 24.4 Å². The second-order valence-electron chi connectivity index (χ2n) is 6.65. The monoisotopic (exact) mass is 348 g/mol. The maximum Gasteiger partial charge on any atom is 0.221 e. The van der Waals surface area contributed by atoms with Gasteiger partial charge in [0.05, 0.1) is 0 Å². The molecule has 0 bridgehead atoms. The lowest BCUT2D eigenvalue weighted by Gasteiger charge is -2.35. The van der Waals surface area contributed by atoms with Crippen LogP contribution >= 0.6 is 11.8 Å². The van der Waals surface area contributed by atoms with Gasteiger partial charge >= 0.3 is 0 Å². The molecule has 2 aliphatic rings. The summed E-state index contributed by atoms with van der Waals surface area (Å²) in [4.78, 5) is 21.3. The molecule has 2 fully saturated rings. The molecule has 1 aliphatic heterocycles. The molecule has 1 N–H and O–H groups in total. The Morgan fingerprint density at radius 1 is 1.29 bits per heavy atom. The number of nitrogens with one attached hydrogen (secondary N) is 1. The summed E-state index contributed by atoms with van der Waals surface area (Å²) in [6.45, 7) is 4.82. The number of amides is 1. The SMILES string of the molecule is CSC1CCCC1NC(=O)CCN1CCN(c2ccccn2)CC1. The molecule has 1 saturated carbocycles. The van der Waals surface area contributed by atoms with E-state index >= 15 is 0 Å². The minimum Gasteiger partial charge on any atom is -0.354 e. The van der Waals surface area contributed by atoms with Crippen molar-refractivity contribution < 1.29 is 4.79 Å². The molecule has 1 amide bonds. The highest BCUT2D eigenvalue weighted by molar-refractivity contribution is 7.99. The largest absolute Gasteiger partial charge is 0.354 e. The van der Waals surface area contributed by atoms with Crippen LogP contribution in [-0.2, 0) is 4.79 Å². The third-order valence-electron chi connectivity index (χ3n) is 5.10. The third kappa shape index (κ3) is 4.63. The van der Waals surface area contributed by atoms with Gasteiger partial charge in [0.15, 0.2) is 0 Å². The van der Waals surface area contributed by atoms with Crippen molar-refractivity contribution in [2.45, 2.75) is 37.0 Å². The molecule has 24 heavy (non-hydrogen) atoms. The Labute approximate surface area is 149 Å². The maximum absolute atomic E-state index is 12.2. The number of aromatic nitrogens is 1. The van der Waals surface area contributed by atoms with Crippen LogP contribution in [0.5, 0.6) is 0 Å². The third-order valence-corrected chi connectivity index (χ3v) is 6.27. The van der Waals surface area contributed by atoms with Crippen LogP contribution in [0, 0.1) is 0 Å². The van der Waals surface area contributed by atoms with Crippen LogP contribution in [0.4, 0.5) is 5.82 Å². The number of carbonyl (C=O) groups excluding carboxylic acids is 1. The first-order valence-corrected chi connectivity index (χ1v) is 10.3. The molecule has 1 aliphatic carbocycles. The number of nitrogens with zero attached hydrogens (tertiary/aromatic N) is 3. The van der Waals surface area contributed by atoms with Gasteiger partial charge in [-0.05, 0) is 31.2 Å². The van der Waals surface area contributed by atoms with Gasteiger partial charge in [-0.1, -0.05) is 12.5 Å². The molecule has 1 aromatic heterocycles. The van der Waals surface area contributed by atoms with E-state index in [-0.39, 0.29) is 5.91 Å². The number of pyridine rings is 1. The van der Waals surface area contributed by atoms with Crippen LogP contribution in [0.3, 0.4) is 0 Å². The Morgan fingerprint density at radius 2 is 2.12 bits per heavy atom. The fourth-order valence-corrected chi connectivity index (χ4v) is 4.59. The van der Waals surface area contributed by atoms with Gasteiger partial charge in [0.1, 0.15) is 5.82 Å². The van der Waals surface area contributed by atoms with Crippen LogP contribution in [0.1, 0.15) is 25.7 Å². The van der Waals surface area contributed by atoms with Crippen LogP contribution in [-0.4, -0.2) is 66.1 Å². The predicted molar refractivity (Wildman–Crippen MR) is 101 cm³/mol. The molecule has 5 nitrogen and oxygen atoms in total. The second-order valence-corrected chi connectivity index (χ2v) is 7.72. The van der Waals surface area contributed by atoms with Gasteiger partial charge in [0.2, 0.25) is 5.91 Å². The molecule has 2 unspecified atom stereocenters. The highest BCUT2D eigenvalue weighted by atomic mass is 32.2. The van der Waals surface area contributed by atoms with E-state index in [1.54, 1.807) is 0 Å². The molecule has 1 saturated heterocycles. The maximum atomic E-state index is 12.2. The molecule has 0 radical (unpaired) electrons. The van der Waals surface area contributed by atoms with E-state index in [2.05, 4.69) is 32.4 Å². The Bertz CT molecular complexity index is 519. The number of hydrogen-bond donors (Lipinski definition) is 1. The zero-order valence-electron chi connectivity index (χ0n) is 14.5. The minimum atomic E-state index is 0.216. The molecule has 0 aromatic carbocycles. The summed E-state index contributed by atoms with van der Waals surface area (Å²) in [5, 5.41) is 3.85. The highest BCUT2D eigenvalue weighted by Crippen LogP contribution is 2.28. The van der Waals surface area contributed by atoms with Gasteiger partial charge in [0.25, 0.3) is 0 Å². The summed E-state index contributed by atoms with van der Waals surface area (Å²) in [5.41, 5.74) is 0. The molecule has 132 valence electrons. The number of hydrogen-bond acceptors (Lipinski definition) is 5. The van der Waals surface area contributed by atoms with Gasteiger partial charge in [-0.2, -0.15) is 11.8 Å². The summed E-state index contributed by atoms with van der Waals surface area (Å²) < 4.78 is 0. The molecular formula is C18H28N4OS. The molecule has 1 aromatic rings. The van der Waals surface area contributed by atoms with Crippen molar-refractivity contribution in [1.82, 2.24) is 15.2 Å². The van der Waals surface area contributed by atoms with Crippen LogP contribution in [0.2, 0.25) is 0 Å². The van der Waals surface area contributed by atoms with Gasteiger partial charge in [-0.3, -0.25) is 9.69 Å². The van der Waals surface area contributed by atoms with Crippen molar-refractivity contribution in [2.24, 2.45) is 0 Å². The predicted octanol–water partition coefficient (Wildman–Crippen LogP) is 1.99. The number of piperazine rings is 1. The molecule has 2 heterocycles. The van der Waals surface area contributed by atoms with Crippen LogP contribution < -0.4 is 10.2 Å². The summed E-state index contributed by atoms with van der Waals surface area (Å²) in [7, 11) is 0. The lowest BCUT2D eigenvalue weighted by molar-refractivity contribution is -0.122. The van der Waals surface area contributed by atoms with Crippen molar-refractivity contribution in [1.29, 1.82) is 0 Å². The van der Waals surface area contributed by atoms with E-state index < -0.39 is 0 Å². The normalized spacial score (nSPS) is 25.0. The van der Waals surface area contributed by atoms with E-state index in [0.717, 1.165) is 45.0 Å². The Hall–Kier alpha value is -1.27.